The van der Waals surface area contributed by atoms with Crippen LogP contribution in [0.25, 0.3) is 0 Å². The Morgan fingerprint density at radius 1 is 1.22 bits per heavy atom. The minimum atomic E-state index is -0.452. The first kappa shape index (κ1) is 13.1. The molecular weight excluding hydrogens is 244 g/mol. The number of benzene rings is 1. The third-order valence-corrected chi connectivity index (χ3v) is 4.30. The van der Waals surface area contributed by atoms with Crippen LogP contribution in [-0.2, 0) is 12.8 Å². The van der Waals surface area contributed by atoms with E-state index in [1.165, 1.54) is 4.88 Å². The highest BCUT2D eigenvalue weighted by Gasteiger charge is 2.13. The topological polar surface area (TPSA) is 29.5 Å². The molecule has 2 rings (SSSR count). The lowest BCUT2D eigenvalue weighted by Crippen LogP contribution is -2.01. The van der Waals surface area contributed by atoms with Gasteiger partial charge in [0.2, 0.25) is 0 Å². The molecule has 0 aliphatic rings. The van der Waals surface area contributed by atoms with Crippen LogP contribution in [0.1, 0.15) is 28.3 Å². The summed E-state index contributed by atoms with van der Waals surface area (Å²) >= 11 is 1.68. The number of methoxy groups -OCH3 is 1. The second-order valence-electron chi connectivity index (χ2n) is 4.19. The van der Waals surface area contributed by atoms with Crippen molar-refractivity contribution in [2.45, 2.75) is 25.9 Å². The Hall–Kier alpha value is -1.32. The van der Waals surface area contributed by atoms with Gasteiger partial charge in [0.1, 0.15) is 5.75 Å². The molecule has 0 saturated heterocycles. The normalized spacial score (nSPS) is 12.4. The van der Waals surface area contributed by atoms with Gasteiger partial charge in [-0.05, 0) is 30.2 Å². The minimum Gasteiger partial charge on any atom is -0.496 e. The zero-order valence-corrected chi connectivity index (χ0v) is 11.5. The van der Waals surface area contributed by atoms with Crippen molar-refractivity contribution < 1.29 is 9.84 Å². The van der Waals surface area contributed by atoms with Crippen molar-refractivity contribution in [2.75, 3.05) is 7.11 Å². The van der Waals surface area contributed by atoms with Crippen LogP contribution in [0.3, 0.4) is 0 Å². The van der Waals surface area contributed by atoms with Crippen molar-refractivity contribution in [1.29, 1.82) is 0 Å². The van der Waals surface area contributed by atoms with Crippen molar-refractivity contribution in [3.05, 3.63) is 51.7 Å². The number of ether oxygens (including phenoxy) is 1. The number of rotatable bonds is 5. The molecule has 1 N–H and O–H groups in total. The quantitative estimate of drug-likeness (QED) is 0.892. The maximum Gasteiger partial charge on any atom is 0.122 e. The summed E-state index contributed by atoms with van der Waals surface area (Å²) in [4.78, 5) is 2.34. The largest absolute Gasteiger partial charge is 0.496 e. The van der Waals surface area contributed by atoms with Crippen LogP contribution in [0.15, 0.2) is 36.4 Å². The summed E-state index contributed by atoms with van der Waals surface area (Å²) in [5.74, 6) is 0.837. The number of thiophene rings is 1. The molecule has 0 spiro atoms. The molecule has 0 aliphatic heterocycles. The van der Waals surface area contributed by atoms with E-state index >= 15 is 0 Å². The van der Waals surface area contributed by atoms with Crippen LogP contribution in [0.4, 0.5) is 0 Å². The maximum absolute atomic E-state index is 10.3. The lowest BCUT2D eigenvalue weighted by atomic mass is 10.1. The zero-order valence-electron chi connectivity index (χ0n) is 10.7. The summed E-state index contributed by atoms with van der Waals surface area (Å²) in [7, 11) is 1.66. The summed E-state index contributed by atoms with van der Waals surface area (Å²) in [5.41, 5.74) is 1.04. The fraction of sp³-hybridized carbons (Fsp3) is 0.333. The first-order valence-corrected chi connectivity index (χ1v) is 6.94. The molecule has 0 saturated carbocycles. The molecule has 1 aromatic heterocycles. The highest BCUT2D eigenvalue weighted by molar-refractivity contribution is 7.12. The van der Waals surface area contributed by atoms with E-state index in [4.69, 9.17) is 4.74 Å². The molecule has 1 unspecified atom stereocenters. The third kappa shape index (κ3) is 2.92. The molecule has 18 heavy (non-hydrogen) atoms. The molecule has 1 aromatic carbocycles. The van der Waals surface area contributed by atoms with Gasteiger partial charge >= 0.3 is 0 Å². The highest BCUT2D eigenvalue weighted by atomic mass is 32.1. The van der Waals surface area contributed by atoms with Crippen molar-refractivity contribution in [1.82, 2.24) is 0 Å². The van der Waals surface area contributed by atoms with Gasteiger partial charge in [0.15, 0.2) is 0 Å². The monoisotopic (exact) mass is 262 g/mol. The predicted molar refractivity (Wildman–Crippen MR) is 75.4 cm³/mol. The number of aliphatic hydroxyl groups is 1. The minimum absolute atomic E-state index is 0.452. The Balaban J connectivity index is 2.13. The number of hydrogen-bond donors (Lipinski definition) is 1. The lowest BCUT2D eigenvalue weighted by molar-refractivity contribution is 0.181. The number of para-hydroxylation sites is 1. The second kappa shape index (κ2) is 6.03. The molecule has 0 radical (unpaired) electrons. The van der Waals surface area contributed by atoms with E-state index in [1.54, 1.807) is 18.4 Å². The van der Waals surface area contributed by atoms with Gasteiger partial charge in [-0.2, -0.15) is 0 Å². The van der Waals surface area contributed by atoms with Crippen LogP contribution >= 0.6 is 11.3 Å². The highest BCUT2D eigenvalue weighted by Crippen LogP contribution is 2.29. The molecule has 1 atom stereocenters. The Morgan fingerprint density at radius 2 is 2.00 bits per heavy atom. The van der Waals surface area contributed by atoms with E-state index in [0.29, 0.717) is 6.42 Å². The fourth-order valence-corrected chi connectivity index (χ4v) is 2.88. The number of aryl methyl sites for hydroxylation is 1. The average Bonchev–Trinajstić information content (AvgIpc) is 2.88. The molecular formula is C15H18O2S. The summed E-state index contributed by atoms with van der Waals surface area (Å²) in [5, 5.41) is 10.3. The molecule has 3 heteroatoms. The third-order valence-electron chi connectivity index (χ3n) is 2.97. The smallest absolute Gasteiger partial charge is 0.122 e. The van der Waals surface area contributed by atoms with Crippen molar-refractivity contribution >= 4 is 11.3 Å². The van der Waals surface area contributed by atoms with Crippen molar-refractivity contribution in [3.63, 3.8) is 0 Å². The van der Waals surface area contributed by atoms with E-state index in [9.17, 15) is 5.11 Å². The second-order valence-corrected chi connectivity index (χ2v) is 5.39. The summed E-state index contributed by atoms with van der Waals surface area (Å²) < 4.78 is 5.30. The lowest BCUT2D eigenvalue weighted by Gasteiger charge is -2.12. The Morgan fingerprint density at radius 3 is 2.67 bits per heavy atom. The average molecular weight is 262 g/mol. The molecule has 0 amide bonds. The standard InChI is InChI=1S/C15H18O2S/c1-3-12-8-9-15(18-12)13(16)10-11-6-4-5-7-14(11)17-2/h4-9,13,16H,3,10H2,1-2H3. The van der Waals surface area contributed by atoms with Crippen LogP contribution in [0.5, 0.6) is 5.75 Å². The summed E-state index contributed by atoms with van der Waals surface area (Å²) in [6.45, 7) is 2.13. The molecule has 0 aliphatic carbocycles. The molecule has 0 bridgehead atoms. The zero-order chi connectivity index (χ0) is 13.0. The molecule has 0 fully saturated rings. The van der Waals surface area contributed by atoms with E-state index in [0.717, 1.165) is 22.6 Å². The predicted octanol–water partition coefficient (Wildman–Crippen LogP) is 3.60. The Bertz CT molecular complexity index is 505. The van der Waals surface area contributed by atoms with Crippen LogP contribution in [0.2, 0.25) is 0 Å². The van der Waals surface area contributed by atoms with E-state index < -0.39 is 6.10 Å². The van der Waals surface area contributed by atoms with Crippen molar-refractivity contribution in [2.24, 2.45) is 0 Å². The Kier molecular flexibility index (Phi) is 4.39. The van der Waals surface area contributed by atoms with Gasteiger partial charge in [-0.15, -0.1) is 11.3 Å². The number of hydrogen-bond acceptors (Lipinski definition) is 3. The van der Waals surface area contributed by atoms with Gasteiger partial charge in [-0.1, -0.05) is 25.1 Å². The summed E-state index contributed by atoms with van der Waals surface area (Å²) in [6.07, 6.45) is 1.16. The van der Waals surface area contributed by atoms with E-state index in [2.05, 4.69) is 13.0 Å². The van der Waals surface area contributed by atoms with Crippen LogP contribution in [-0.4, -0.2) is 12.2 Å². The molecule has 1 heterocycles. The Labute approximate surface area is 112 Å². The van der Waals surface area contributed by atoms with Crippen LogP contribution in [0, 0.1) is 0 Å². The molecule has 2 nitrogen and oxygen atoms in total. The SMILES string of the molecule is CCc1ccc(C(O)Cc2ccccc2OC)s1. The van der Waals surface area contributed by atoms with Gasteiger partial charge in [0, 0.05) is 16.2 Å². The van der Waals surface area contributed by atoms with Gasteiger partial charge in [0.25, 0.3) is 0 Å². The maximum atomic E-state index is 10.3. The van der Waals surface area contributed by atoms with Gasteiger partial charge < -0.3 is 9.84 Å². The molecule has 96 valence electrons. The fourth-order valence-electron chi connectivity index (χ4n) is 1.94. The van der Waals surface area contributed by atoms with Crippen LogP contribution < -0.4 is 4.74 Å². The van der Waals surface area contributed by atoms with Gasteiger partial charge in [-0.25, -0.2) is 0 Å². The van der Waals surface area contributed by atoms with Crippen molar-refractivity contribution in [3.8, 4) is 5.75 Å². The van der Waals surface area contributed by atoms with E-state index in [-0.39, 0.29) is 0 Å². The first-order chi connectivity index (χ1) is 8.74. The summed E-state index contributed by atoms with van der Waals surface area (Å²) in [6, 6.07) is 11.9. The van der Waals surface area contributed by atoms with E-state index in [1.807, 2.05) is 30.3 Å². The van der Waals surface area contributed by atoms with Gasteiger partial charge in [-0.3, -0.25) is 0 Å². The van der Waals surface area contributed by atoms with Gasteiger partial charge in [0.05, 0.1) is 13.2 Å². The molecule has 2 aromatic rings. The first-order valence-electron chi connectivity index (χ1n) is 6.13. The number of aliphatic hydroxyl groups excluding tert-OH is 1.